The molecular formula is C13H16FNOSi. The van der Waals surface area contributed by atoms with Crippen LogP contribution in [0.2, 0.25) is 19.6 Å². The first-order valence-electron chi connectivity index (χ1n) is 5.38. The van der Waals surface area contributed by atoms with Crippen molar-refractivity contribution in [1.82, 2.24) is 0 Å². The summed E-state index contributed by atoms with van der Waals surface area (Å²) in [6.45, 7) is 7.76. The third-order valence-electron chi connectivity index (χ3n) is 1.86. The van der Waals surface area contributed by atoms with E-state index in [9.17, 15) is 9.18 Å². The van der Waals surface area contributed by atoms with Gasteiger partial charge in [-0.05, 0) is 18.2 Å². The highest BCUT2D eigenvalue weighted by Crippen LogP contribution is 2.15. The van der Waals surface area contributed by atoms with Crippen molar-refractivity contribution in [3.8, 4) is 11.5 Å². The third kappa shape index (κ3) is 4.83. The van der Waals surface area contributed by atoms with Crippen LogP contribution in [-0.4, -0.2) is 14.0 Å². The minimum atomic E-state index is -1.45. The topological polar surface area (TPSA) is 29.1 Å². The predicted octanol–water partition coefficient (Wildman–Crippen LogP) is 3.01. The summed E-state index contributed by atoms with van der Waals surface area (Å²) >= 11 is 0. The van der Waals surface area contributed by atoms with E-state index in [2.05, 4.69) is 36.4 Å². The number of amides is 1. The van der Waals surface area contributed by atoms with Gasteiger partial charge in [-0.1, -0.05) is 25.6 Å². The Kier molecular flexibility index (Phi) is 4.08. The molecule has 1 rings (SSSR count). The van der Waals surface area contributed by atoms with Gasteiger partial charge in [-0.3, -0.25) is 4.79 Å². The van der Waals surface area contributed by atoms with Gasteiger partial charge in [-0.25, -0.2) is 4.39 Å². The molecule has 90 valence electrons. The number of halogens is 1. The van der Waals surface area contributed by atoms with Gasteiger partial charge < -0.3 is 5.32 Å². The molecule has 0 spiro atoms. The monoisotopic (exact) mass is 249 g/mol. The fraction of sp³-hybridized carbons (Fsp3) is 0.308. The summed E-state index contributed by atoms with van der Waals surface area (Å²) in [7, 11) is -1.45. The van der Waals surface area contributed by atoms with Gasteiger partial charge in [-0.2, -0.15) is 0 Å². The number of nitrogens with one attached hydrogen (secondary N) is 1. The molecule has 2 nitrogen and oxygen atoms in total. The number of benzene rings is 1. The summed E-state index contributed by atoms with van der Waals surface area (Å²) in [4.78, 5) is 10.9. The van der Waals surface area contributed by atoms with Crippen molar-refractivity contribution in [2.75, 3.05) is 5.32 Å². The highest BCUT2D eigenvalue weighted by molar-refractivity contribution is 6.83. The van der Waals surface area contributed by atoms with Gasteiger partial charge >= 0.3 is 0 Å². The standard InChI is InChI=1S/C13H16FNOSi/c1-10(16)15-13-9-11(5-6-12(13)14)7-8-17(2,3)4/h5-6,9H,1-4H3,(H,15,16). The smallest absolute Gasteiger partial charge is 0.221 e. The Balaban J connectivity index is 3.03. The van der Waals surface area contributed by atoms with Crippen LogP contribution in [0.25, 0.3) is 0 Å². The van der Waals surface area contributed by atoms with Gasteiger partial charge in [0.2, 0.25) is 5.91 Å². The Morgan fingerprint density at radius 1 is 1.35 bits per heavy atom. The maximum Gasteiger partial charge on any atom is 0.221 e. The van der Waals surface area contributed by atoms with Gasteiger partial charge in [0.1, 0.15) is 13.9 Å². The molecular weight excluding hydrogens is 233 g/mol. The molecule has 0 heterocycles. The molecule has 1 N–H and O–H groups in total. The zero-order chi connectivity index (χ0) is 13.1. The third-order valence-corrected chi connectivity index (χ3v) is 2.73. The molecule has 0 aliphatic carbocycles. The van der Waals surface area contributed by atoms with E-state index in [-0.39, 0.29) is 11.6 Å². The van der Waals surface area contributed by atoms with Gasteiger partial charge in [0.25, 0.3) is 0 Å². The molecule has 0 radical (unpaired) electrons. The second kappa shape index (κ2) is 5.15. The van der Waals surface area contributed by atoms with E-state index in [1.54, 1.807) is 12.1 Å². The fourth-order valence-electron chi connectivity index (χ4n) is 1.15. The molecule has 0 aliphatic rings. The van der Waals surface area contributed by atoms with Gasteiger partial charge in [0.05, 0.1) is 5.69 Å². The predicted molar refractivity (Wildman–Crippen MR) is 70.9 cm³/mol. The summed E-state index contributed by atoms with van der Waals surface area (Å²) in [6.07, 6.45) is 0. The molecule has 0 unspecified atom stereocenters. The normalized spacial score (nSPS) is 10.4. The highest BCUT2D eigenvalue weighted by Gasteiger charge is 2.08. The lowest BCUT2D eigenvalue weighted by atomic mass is 10.2. The maximum atomic E-state index is 13.3. The average Bonchev–Trinajstić information content (AvgIpc) is 2.17. The van der Waals surface area contributed by atoms with Crippen LogP contribution in [-0.2, 0) is 4.79 Å². The molecule has 4 heteroatoms. The van der Waals surface area contributed by atoms with E-state index >= 15 is 0 Å². The van der Waals surface area contributed by atoms with E-state index in [1.807, 2.05) is 0 Å². The molecule has 0 bridgehead atoms. The Labute approximate surface area is 102 Å². The Morgan fingerprint density at radius 2 is 2.00 bits per heavy atom. The van der Waals surface area contributed by atoms with Crippen LogP contribution in [0, 0.1) is 17.3 Å². The molecule has 0 saturated carbocycles. The van der Waals surface area contributed by atoms with Crippen LogP contribution in [0.4, 0.5) is 10.1 Å². The SMILES string of the molecule is CC(=O)Nc1cc(C#C[Si](C)(C)C)ccc1F. The van der Waals surface area contributed by atoms with E-state index in [4.69, 9.17) is 0 Å². The first kappa shape index (κ1) is 13.5. The van der Waals surface area contributed by atoms with Gasteiger partial charge in [0, 0.05) is 12.5 Å². The summed E-state index contributed by atoms with van der Waals surface area (Å²) in [5.74, 6) is 2.28. The van der Waals surface area contributed by atoms with Crippen molar-refractivity contribution in [2.45, 2.75) is 26.6 Å². The maximum absolute atomic E-state index is 13.3. The molecule has 1 aromatic rings. The summed E-state index contributed by atoms with van der Waals surface area (Å²) in [5, 5.41) is 2.44. The quantitative estimate of drug-likeness (QED) is 0.601. The number of rotatable bonds is 1. The van der Waals surface area contributed by atoms with Crippen molar-refractivity contribution in [1.29, 1.82) is 0 Å². The number of anilines is 1. The zero-order valence-electron chi connectivity index (χ0n) is 10.5. The minimum absolute atomic E-state index is 0.180. The first-order valence-corrected chi connectivity index (χ1v) is 8.88. The first-order chi connectivity index (χ1) is 7.78. The molecule has 0 aromatic heterocycles. The van der Waals surface area contributed by atoms with Crippen LogP contribution < -0.4 is 5.32 Å². The van der Waals surface area contributed by atoms with E-state index in [0.29, 0.717) is 0 Å². The Hall–Kier alpha value is -1.60. The fourth-order valence-corrected chi connectivity index (χ4v) is 1.67. The summed E-state index contributed by atoms with van der Waals surface area (Å²) in [5.41, 5.74) is 4.09. The van der Waals surface area contributed by atoms with Gasteiger partial charge in [0.15, 0.2) is 0 Å². The molecule has 1 amide bonds. The highest BCUT2D eigenvalue weighted by atomic mass is 28.3. The Bertz CT molecular complexity index is 494. The number of hydrogen-bond acceptors (Lipinski definition) is 1. The molecule has 0 aliphatic heterocycles. The van der Waals surface area contributed by atoms with Gasteiger partial charge in [-0.15, -0.1) is 5.54 Å². The minimum Gasteiger partial charge on any atom is -0.324 e. The van der Waals surface area contributed by atoms with Crippen molar-refractivity contribution in [2.24, 2.45) is 0 Å². The van der Waals surface area contributed by atoms with Crippen molar-refractivity contribution >= 4 is 19.7 Å². The van der Waals surface area contributed by atoms with Crippen LogP contribution in [0.1, 0.15) is 12.5 Å². The second-order valence-corrected chi connectivity index (χ2v) is 9.63. The molecule has 1 aromatic carbocycles. The number of carbonyl (C=O) groups excluding carboxylic acids is 1. The Morgan fingerprint density at radius 3 is 2.53 bits per heavy atom. The van der Waals surface area contributed by atoms with E-state index in [0.717, 1.165) is 5.56 Å². The lowest BCUT2D eigenvalue weighted by Gasteiger charge is -2.05. The molecule has 0 saturated heterocycles. The van der Waals surface area contributed by atoms with Crippen LogP contribution >= 0.6 is 0 Å². The molecule has 0 fully saturated rings. The zero-order valence-corrected chi connectivity index (χ0v) is 11.5. The van der Waals surface area contributed by atoms with Crippen molar-refractivity contribution in [3.05, 3.63) is 29.6 Å². The van der Waals surface area contributed by atoms with Crippen LogP contribution in [0.5, 0.6) is 0 Å². The van der Waals surface area contributed by atoms with Crippen molar-refractivity contribution in [3.63, 3.8) is 0 Å². The summed E-state index contributed by atoms with van der Waals surface area (Å²) < 4.78 is 13.3. The van der Waals surface area contributed by atoms with Crippen LogP contribution in [0.3, 0.4) is 0 Å². The molecule has 0 atom stereocenters. The molecule has 17 heavy (non-hydrogen) atoms. The lowest BCUT2D eigenvalue weighted by molar-refractivity contribution is -0.114. The summed E-state index contributed by atoms with van der Waals surface area (Å²) in [6, 6.07) is 4.50. The largest absolute Gasteiger partial charge is 0.324 e. The number of carbonyl (C=O) groups is 1. The van der Waals surface area contributed by atoms with E-state index < -0.39 is 13.9 Å². The van der Waals surface area contributed by atoms with E-state index in [1.165, 1.54) is 13.0 Å². The van der Waals surface area contributed by atoms with Crippen LogP contribution in [0.15, 0.2) is 18.2 Å². The van der Waals surface area contributed by atoms with Crippen molar-refractivity contribution < 1.29 is 9.18 Å². The second-order valence-electron chi connectivity index (χ2n) is 4.88. The average molecular weight is 249 g/mol. The number of hydrogen-bond donors (Lipinski definition) is 1. The lowest BCUT2D eigenvalue weighted by Crippen LogP contribution is -2.16.